The van der Waals surface area contributed by atoms with Gasteiger partial charge in [0.1, 0.15) is 0 Å². The Balaban J connectivity index is 2.76. The van der Waals surface area contributed by atoms with Gasteiger partial charge >= 0.3 is 0 Å². The first-order chi connectivity index (χ1) is 7.19. The van der Waals surface area contributed by atoms with Gasteiger partial charge in [0.15, 0.2) is 5.69 Å². The first-order valence-corrected chi connectivity index (χ1v) is 5.40. The van der Waals surface area contributed by atoms with Gasteiger partial charge in [-0.3, -0.25) is 4.79 Å². The van der Waals surface area contributed by atoms with E-state index in [1.54, 1.807) is 10.9 Å². The molecule has 0 atom stereocenters. The number of nitrogens with zero attached hydrogens (tertiary/aromatic N) is 3. The molecule has 15 heavy (non-hydrogen) atoms. The van der Waals surface area contributed by atoms with Crippen LogP contribution in [-0.4, -0.2) is 20.9 Å². The summed E-state index contributed by atoms with van der Waals surface area (Å²) in [5.74, 6) is -0.520. The fourth-order valence-corrected chi connectivity index (χ4v) is 1.64. The van der Waals surface area contributed by atoms with E-state index < -0.39 is 5.91 Å². The second-order valence-electron chi connectivity index (χ2n) is 3.68. The summed E-state index contributed by atoms with van der Waals surface area (Å²) in [6.45, 7) is 4.27. The van der Waals surface area contributed by atoms with Crippen molar-refractivity contribution in [3.05, 3.63) is 11.9 Å². The van der Waals surface area contributed by atoms with Crippen molar-refractivity contribution in [2.24, 2.45) is 5.73 Å². The number of carbonyl (C=O) groups excluding carboxylic acids is 1. The highest BCUT2D eigenvalue weighted by atomic mass is 16.1. The Kier molecular flexibility index (Phi) is 4.27. The fourth-order valence-electron chi connectivity index (χ4n) is 1.64. The standard InChI is InChI=1S/C10H18N4O/c1-3-5-8(6-4-2)14-7-9(10(11)15)12-13-14/h7-8H,3-6H2,1-2H3,(H2,11,15). The molecule has 0 spiro atoms. The molecule has 0 saturated carbocycles. The third-order valence-corrected chi connectivity index (χ3v) is 2.38. The first-order valence-electron chi connectivity index (χ1n) is 5.40. The topological polar surface area (TPSA) is 73.8 Å². The molecule has 0 saturated heterocycles. The van der Waals surface area contributed by atoms with Crippen molar-refractivity contribution in [1.29, 1.82) is 0 Å². The van der Waals surface area contributed by atoms with Gasteiger partial charge in [-0.25, -0.2) is 4.68 Å². The van der Waals surface area contributed by atoms with E-state index in [4.69, 9.17) is 5.73 Å². The van der Waals surface area contributed by atoms with Gasteiger partial charge in [-0.1, -0.05) is 31.9 Å². The Labute approximate surface area is 89.6 Å². The molecule has 5 heteroatoms. The van der Waals surface area contributed by atoms with E-state index >= 15 is 0 Å². The van der Waals surface area contributed by atoms with Crippen LogP contribution in [0.1, 0.15) is 56.1 Å². The Bertz CT molecular complexity index is 315. The van der Waals surface area contributed by atoms with Crippen molar-refractivity contribution in [1.82, 2.24) is 15.0 Å². The summed E-state index contributed by atoms with van der Waals surface area (Å²) in [4.78, 5) is 10.9. The van der Waals surface area contributed by atoms with Crippen LogP contribution >= 0.6 is 0 Å². The predicted octanol–water partition coefficient (Wildman–Crippen LogP) is 1.52. The Hall–Kier alpha value is -1.39. The molecular formula is C10H18N4O. The zero-order valence-corrected chi connectivity index (χ0v) is 9.31. The van der Waals surface area contributed by atoms with Crippen LogP contribution in [0.4, 0.5) is 0 Å². The van der Waals surface area contributed by atoms with E-state index in [-0.39, 0.29) is 5.69 Å². The van der Waals surface area contributed by atoms with Gasteiger partial charge in [0.05, 0.1) is 12.2 Å². The van der Waals surface area contributed by atoms with Crippen LogP contribution in [0.5, 0.6) is 0 Å². The maximum atomic E-state index is 10.9. The van der Waals surface area contributed by atoms with Crippen molar-refractivity contribution in [2.75, 3.05) is 0 Å². The van der Waals surface area contributed by atoms with E-state index in [1.807, 2.05) is 0 Å². The van der Waals surface area contributed by atoms with Gasteiger partial charge in [0.2, 0.25) is 0 Å². The van der Waals surface area contributed by atoms with Gasteiger partial charge < -0.3 is 5.73 Å². The summed E-state index contributed by atoms with van der Waals surface area (Å²) in [6.07, 6.45) is 5.93. The smallest absolute Gasteiger partial charge is 0.270 e. The number of amides is 1. The molecule has 1 rings (SSSR count). The van der Waals surface area contributed by atoms with Crippen LogP contribution in [0, 0.1) is 0 Å². The lowest BCUT2D eigenvalue weighted by atomic mass is 10.1. The fraction of sp³-hybridized carbons (Fsp3) is 0.700. The van der Waals surface area contributed by atoms with Gasteiger partial charge in [-0.2, -0.15) is 0 Å². The van der Waals surface area contributed by atoms with E-state index in [2.05, 4.69) is 24.2 Å². The largest absolute Gasteiger partial charge is 0.364 e. The average molecular weight is 210 g/mol. The minimum atomic E-state index is -0.520. The van der Waals surface area contributed by atoms with Crippen molar-refractivity contribution in [3.63, 3.8) is 0 Å². The number of hydrogen-bond acceptors (Lipinski definition) is 3. The Morgan fingerprint density at radius 3 is 2.47 bits per heavy atom. The monoisotopic (exact) mass is 210 g/mol. The zero-order valence-electron chi connectivity index (χ0n) is 9.31. The Morgan fingerprint density at radius 2 is 2.07 bits per heavy atom. The van der Waals surface area contributed by atoms with Crippen LogP contribution in [0.2, 0.25) is 0 Å². The molecule has 1 aromatic heterocycles. The second-order valence-corrected chi connectivity index (χ2v) is 3.68. The maximum Gasteiger partial charge on any atom is 0.270 e. The van der Waals surface area contributed by atoms with Crippen LogP contribution in [0.15, 0.2) is 6.20 Å². The van der Waals surface area contributed by atoms with Crippen molar-refractivity contribution < 1.29 is 4.79 Å². The van der Waals surface area contributed by atoms with Crippen molar-refractivity contribution >= 4 is 5.91 Å². The highest BCUT2D eigenvalue weighted by Crippen LogP contribution is 2.18. The number of hydrogen-bond donors (Lipinski definition) is 1. The summed E-state index contributed by atoms with van der Waals surface area (Å²) >= 11 is 0. The molecule has 0 aliphatic carbocycles. The SMILES string of the molecule is CCCC(CCC)n1cc(C(N)=O)nn1. The molecule has 0 aliphatic heterocycles. The van der Waals surface area contributed by atoms with Crippen LogP contribution in [-0.2, 0) is 0 Å². The van der Waals surface area contributed by atoms with Crippen molar-refractivity contribution in [3.8, 4) is 0 Å². The van der Waals surface area contributed by atoms with E-state index in [0.29, 0.717) is 6.04 Å². The number of aromatic nitrogens is 3. The highest BCUT2D eigenvalue weighted by Gasteiger charge is 2.13. The lowest BCUT2D eigenvalue weighted by Crippen LogP contribution is -2.12. The van der Waals surface area contributed by atoms with E-state index in [9.17, 15) is 4.79 Å². The quantitative estimate of drug-likeness (QED) is 0.773. The predicted molar refractivity (Wildman–Crippen MR) is 57.4 cm³/mol. The summed E-state index contributed by atoms with van der Waals surface area (Å²) in [5.41, 5.74) is 5.36. The third kappa shape index (κ3) is 3.04. The average Bonchev–Trinajstić information content (AvgIpc) is 2.66. The molecule has 0 aliphatic rings. The van der Waals surface area contributed by atoms with Crippen molar-refractivity contribution in [2.45, 2.75) is 45.6 Å². The molecule has 0 fully saturated rings. The van der Waals surface area contributed by atoms with Gasteiger partial charge in [-0.05, 0) is 12.8 Å². The van der Waals surface area contributed by atoms with Crippen LogP contribution in [0.25, 0.3) is 0 Å². The molecule has 0 aromatic carbocycles. The number of rotatable bonds is 6. The highest BCUT2D eigenvalue weighted by molar-refractivity contribution is 5.90. The lowest BCUT2D eigenvalue weighted by Gasteiger charge is -2.14. The molecule has 0 bridgehead atoms. The maximum absolute atomic E-state index is 10.9. The lowest BCUT2D eigenvalue weighted by molar-refractivity contribution is 0.0995. The number of primary amides is 1. The number of carbonyl (C=O) groups is 1. The molecule has 1 heterocycles. The first kappa shape index (κ1) is 11.7. The minimum absolute atomic E-state index is 0.243. The summed E-state index contributed by atoms with van der Waals surface area (Å²) < 4.78 is 1.76. The summed E-state index contributed by atoms with van der Waals surface area (Å²) in [5, 5.41) is 7.68. The molecule has 0 unspecified atom stereocenters. The molecule has 2 N–H and O–H groups in total. The second kappa shape index (κ2) is 5.48. The van der Waals surface area contributed by atoms with Gasteiger partial charge in [0, 0.05) is 0 Å². The summed E-state index contributed by atoms with van der Waals surface area (Å²) in [6, 6.07) is 0.334. The number of nitrogens with two attached hydrogens (primary N) is 1. The van der Waals surface area contributed by atoms with Crippen LogP contribution in [0.3, 0.4) is 0 Å². The Morgan fingerprint density at radius 1 is 1.47 bits per heavy atom. The van der Waals surface area contributed by atoms with E-state index in [0.717, 1.165) is 25.7 Å². The molecule has 84 valence electrons. The molecule has 0 radical (unpaired) electrons. The molecule has 5 nitrogen and oxygen atoms in total. The van der Waals surface area contributed by atoms with Crippen LogP contribution < -0.4 is 5.73 Å². The third-order valence-electron chi connectivity index (χ3n) is 2.38. The van der Waals surface area contributed by atoms with E-state index in [1.165, 1.54) is 0 Å². The van der Waals surface area contributed by atoms with Gasteiger partial charge in [0.25, 0.3) is 5.91 Å². The van der Waals surface area contributed by atoms with Gasteiger partial charge in [-0.15, -0.1) is 5.10 Å². The molecule has 1 amide bonds. The summed E-state index contributed by atoms with van der Waals surface area (Å²) in [7, 11) is 0. The minimum Gasteiger partial charge on any atom is -0.364 e. The zero-order chi connectivity index (χ0) is 11.3. The molecule has 1 aromatic rings. The molecular weight excluding hydrogens is 192 g/mol. The normalized spacial score (nSPS) is 10.9.